The molecule has 3 N–H and O–H groups in total. The van der Waals surface area contributed by atoms with Gasteiger partial charge in [0.2, 0.25) is 0 Å². The quantitative estimate of drug-likeness (QED) is 0.732. The summed E-state index contributed by atoms with van der Waals surface area (Å²) in [5.41, 5.74) is 1.83. The van der Waals surface area contributed by atoms with E-state index < -0.39 is 6.10 Å². The van der Waals surface area contributed by atoms with E-state index in [1.165, 1.54) is 4.90 Å². The molecule has 2 rings (SSSR count). The lowest BCUT2D eigenvalue weighted by Crippen LogP contribution is -2.40. The molecule has 1 saturated heterocycles. The fraction of sp³-hybridized carbons (Fsp3) is 0.462. The van der Waals surface area contributed by atoms with Crippen LogP contribution in [0.25, 0.3) is 0 Å². The summed E-state index contributed by atoms with van der Waals surface area (Å²) in [5.74, 6) is 0. The predicted octanol–water partition coefficient (Wildman–Crippen LogP) is 0.954. The summed E-state index contributed by atoms with van der Waals surface area (Å²) < 4.78 is 0. The van der Waals surface area contributed by atoms with Crippen LogP contribution in [0.1, 0.15) is 12.0 Å². The van der Waals surface area contributed by atoms with Crippen molar-refractivity contribution in [2.75, 3.05) is 18.5 Å². The van der Waals surface area contributed by atoms with Crippen molar-refractivity contribution in [2.45, 2.75) is 25.5 Å². The Bertz CT molecular complexity index is 419. The highest BCUT2D eigenvalue weighted by Gasteiger charge is 2.33. The van der Waals surface area contributed by atoms with E-state index in [-0.39, 0.29) is 25.2 Å². The Kier molecular flexibility index (Phi) is 3.84. The summed E-state index contributed by atoms with van der Waals surface area (Å²) >= 11 is 0. The molecule has 0 aromatic heterocycles. The maximum Gasteiger partial charge on any atom is 0.322 e. The number of β-amino-alcohol motifs (C(OH)–C–C–N with tert-alkyl or cyclic N) is 1. The molecule has 1 aliphatic heterocycles. The number of amides is 2. The van der Waals surface area contributed by atoms with Crippen molar-refractivity contribution >= 4 is 11.7 Å². The third-order valence-electron chi connectivity index (χ3n) is 3.17. The molecule has 1 aromatic rings. The number of urea groups is 1. The summed E-state index contributed by atoms with van der Waals surface area (Å²) in [7, 11) is 0. The van der Waals surface area contributed by atoms with Crippen LogP contribution < -0.4 is 5.32 Å². The Labute approximate surface area is 106 Å². The first-order valence-corrected chi connectivity index (χ1v) is 6.03. The second-order valence-electron chi connectivity index (χ2n) is 4.67. The topological polar surface area (TPSA) is 72.8 Å². The first-order valence-electron chi connectivity index (χ1n) is 6.03. The summed E-state index contributed by atoms with van der Waals surface area (Å²) in [4.78, 5) is 13.5. The number of likely N-dealkylation sites (tertiary alicyclic amines) is 1. The Morgan fingerprint density at radius 3 is 2.72 bits per heavy atom. The zero-order valence-electron chi connectivity index (χ0n) is 10.3. The minimum atomic E-state index is -0.550. The number of benzene rings is 1. The van der Waals surface area contributed by atoms with Crippen LogP contribution in [-0.4, -0.2) is 46.4 Å². The van der Waals surface area contributed by atoms with E-state index in [2.05, 4.69) is 5.32 Å². The Balaban J connectivity index is 2.01. The maximum absolute atomic E-state index is 12.0. The molecule has 0 bridgehead atoms. The van der Waals surface area contributed by atoms with E-state index in [9.17, 15) is 15.0 Å². The molecule has 5 nitrogen and oxygen atoms in total. The number of aryl methyl sites for hydroxylation is 1. The van der Waals surface area contributed by atoms with Crippen LogP contribution in [0, 0.1) is 6.92 Å². The van der Waals surface area contributed by atoms with E-state index in [0.29, 0.717) is 12.1 Å². The highest BCUT2D eigenvalue weighted by molar-refractivity contribution is 5.89. The maximum atomic E-state index is 12.0. The zero-order valence-corrected chi connectivity index (χ0v) is 10.3. The molecule has 0 radical (unpaired) electrons. The Morgan fingerprint density at radius 2 is 2.11 bits per heavy atom. The molecule has 0 saturated carbocycles. The minimum Gasteiger partial charge on any atom is -0.394 e. The van der Waals surface area contributed by atoms with Gasteiger partial charge in [-0.3, -0.25) is 0 Å². The standard InChI is InChI=1S/C13H18N2O3/c1-9-2-4-10(5-3-9)14-13(18)15-7-12(17)6-11(15)8-16/h2-5,11-12,16-17H,6-8H2,1H3,(H,14,18)/t11-,12-/m0/s1. The lowest BCUT2D eigenvalue weighted by molar-refractivity contribution is 0.164. The second-order valence-corrected chi connectivity index (χ2v) is 4.67. The number of hydrogen-bond acceptors (Lipinski definition) is 3. The number of carbonyl (C=O) groups is 1. The number of nitrogens with one attached hydrogen (secondary N) is 1. The smallest absolute Gasteiger partial charge is 0.322 e. The van der Waals surface area contributed by atoms with Gasteiger partial charge >= 0.3 is 6.03 Å². The first kappa shape index (κ1) is 12.9. The van der Waals surface area contributed by atoms with Gasteiger partial charge in [-0.25, -0.2) is 4.79 Å². The molecule has 0 unspecified atom stereocenters. The van der Waals surface area contributed by atoms with E-state index in [1.54, 1.807) is 0 Å². The summed E-state index contributed by atoms with van der Waals surface area (Å²) in [5, 5.41) is 21.5. The monoisotopic (exact) mass is 250 g/mol. The zero-order chi connectivity index (χ0) is 13.1. The van der Waals surface area contributed by atoms with Gasteiger partial charge in [-0.1, -0.05) is 17.7 Å². The van der Waals surface area contributed by atoms with Crippen molar-refractivity contribution in [3.8, 4) is 0 Å². The fourth-order valence-corrected chi connectivity index (χ4v) is 2.15. The molecule has 1 aromatic carbocycles. The molecule has 2 amide bonds. The van der Waals surface area contributed by atoms with Gasteiger partial charge in [0, 0.05) is 12.2 Å². The normalized spacial score (nSPS) is 23.2. The number of aliphatic hydroxyl groups is 2. The van der Waals surface area contributed by atoms with Gasteiger partial charge in [-0.15, -0.1) is 0 Å². The Morgan fingerprint density at radius 1 is 1.44 bits per heavy atom. The van der Waals surface area contributed by atoms with Gasteiger partial charge in [0.1, 0.15) is 0 Å². The van der Waals surface area contributed by atoms with E-state index in [4.69, 9.17) is 0 Å². The number of aliphatic hydroxyl groups excluding tert-OH is 2. The van der Waals surface area contributed by atoms with Crippen LogP contribution in [0.15, 0.2) is 24.3 Å². The van der Waals surface area contributed by atoms with Crippen molar-refractivity contribution < 1.29 is 15.0 Å². The van der Waals surface area contributed by atoms with Crippen molar-refractivity contribution in [1.82, 2.24) is 4.90 Å². The molecule has 2 atom stereocenters. The molecular weight excluding hydrogens is 232 g/mol. The summed E-state index contributed by atoms with van der Waals surface area (Å²) in [6, 6.07) is 6.90. The van der Waals surface area contributed by atoms with Gasteiger partial charge in [-0.2, -0.15) is 0 Å². The number of nitrogens with zero attached hydrogens (tertiary/aromatic N) is 1. The molecule has 1 aliphatic rings. The SMILES string of the molecule is Cc1ccc(NC(=O)N2C[C@@H](O)C[C@H]2CO)cc1. The van der Waals surface area contributed by atoms with E-state index >= 15 is 0 Å². The molecule has 1 fully saturated rings. The average Bonchev–Trinajstić information content (AvgIpc) is 2.73. The van der Waals surface area contributed by atoms with Crippen molar-refractivity contribution in [3.05, 3.63) is 29.8 Å². The molecule has 0 aliphatic carbocycles. The Hall–Kier alpha value is -1.59. The van der Waals surface area contributed by atoms with Crippen molar-refractivity contribution in [3.63, 3.8) is 0 Å². The van der Waals surface area contributed by atoms with Gasteiger partial charge < -0.3 is 20.4 Å². The number of hydrogen-bond donors (Lipinski definition) is 3. The van der Waals surface area contributed by atoms with Crippen LogP contribution >= 0.6 is 0 Å². The van der Waals surface area contributed by atoms with E-state index in [0.717, 1.165) is 5.56 Å². The van der Waals surface area contributed by atoms with Crippen molar-refractivity contribution in [1.29, 1.82) is 0 Å². The first-order chi connectivity index (χ1) is 8.60. The highest BCUT2D eigenvalue weighted by Crippen LogP contribution is 2.19. The molecule has 1 heterocycles. The van der Waals surface area contributed by atoms with Gasteiger partial charge in [0.25, 0.3) is 0 Å². The lowest BCUT2D eigenvalue weighted by atomic mass is 10.2. The highest BCUT2D eigenvalue weighted by atomic mass is 16.3. The van der Waals surface area contributed by atoms with Gasteiger partial charge in [0.15, 0.2) is 0 Å². The van der Waals surface area contributed by atoms with Crippen molar-refractivity contribution in [2.24, 2.45) is 0 Å². The molecule has 18 heavy (non-hydrogen) atoms. The van der Waals surface area contributed by atoms with E-state index in [1.807, 2.05) is 31.2 Å². The minimum absolute atomic E-state index is 0.127. The van der Waals surface area contributed by atoms with Crippen LogP contribution in [0.5, 0.6) is 0 Å². The van der Waals surface area contributed by atoms with Crippen LogP contribution in [0.2, 0.25) is 0 Å². The molecule has 5 heteroatoms. The summed E-state index contributed by atoms with van der Waals surface area (Å²) in [6.45, 7) is 2.12. The van der Waals surface area contributed by atoms with Gasteiger partial charge in [-0.05, 0) is 25.5 Å². The molecular formula is C13H18N2O3. The van der Waals surface area contributed by atoms with Crippen LogP contribution in [-0.2, 0) is 0 Å². The third-order valence-corrected chi connectivity index (χ3v) is 3.17. The summed E-state index contributed by atoms with van der Waals surface area (Å²) in [6.07, 6.45) is -0.122. The molecule has 0 spiro atoms. The number of carbonyl (C=O) groups excluding carboxylic acids is 1. The van der Waals surface area contributed by atoms with Gasteiger partial charge in [0.05, 0.1) is 18.8 Å². The van der Waals surface area contributed by atoms with Crippen LogP contribution in [0.3, 0.4) is 0 Å². The lowest BCUT2D eigenvalue weighted by Gasteiger charge is -2.23. The second kappa shape index (κ2) is 5.37. The van der Waals surface area contributed by atoms with Crippen LogP contribution in [0.4, 0.5) is 10.5 Å². The average molecular weight is 250 g/mol. The number of rotatable bonds is 2. The number of anilines is 1. The largest absolute Gasteiger partial charge is 0.394 e. The molecule has 98 valence electrons. The fourth-order valence-electron chi connectivity index (χ4n) is 2.15. The predicted molar refractivity (Wildman–Crippen MR) is 68.4 cm³/mol. The third kappa shape index (κ3) is 2.80.